The van der Waals surface area contributed by atoms with Crippen LogP contribution in [0.25, 0.3) is 0 Å². The van der Waals surface area contributed by atoms with Gasteiger partial charge < -0.3 is 0 Å². The summed E-state index contributed by atoms with van der Waals surface area (Å²) in [6.07, 6.45) is 10.4. The number of thioether (sulfide) groups is 1. The second-order valence-electron chi connectivity index (χ2n) is 2.56. The molecule has 1 heterocycles. The van der Waals surface area contributed by atoms with E-state index in [0.717, 1.165) is 11.2 Å². The van der Waals surface area contributed by atoms with E-state index in [1.807, 2.05) is 0 Å². The van der Waals surface area contributed by atoms with Gasteiger partial charge in [0.05, 0.1) is 0 Å². The standard InChI is InChI=1S/C8H10S/c1-2-4-8-7(3-1)5-6-9-8/h1-4,7-8H,5-6H2. The fourth-order valence-electron chi connectivity index (χ4n) is 1.41. The van der Waals surface area contributed by atoms with Gasteiger partial charge in [0.25, 0.3) is 0 Å². The summed E-state index contributed by atoms with van der Waals surface area (Å²) in [7, 11) is 0. The topological polar surface area (TPSA) is 0 Å². The fraction of sp³-hybridized carbons (Fsp3) is 0.500. The molecule has 2 atom stereocenters. The lowest BCUT2D eigenvalue weighted by atomic mass is 9.98. The molecule has 0 aromatic rings. The average molecular weight is 138 g/mol. The van der Waals surface area contributed by atoms with Crippen molar-refractivity contribution >= 4 is 11.8 Å². The van der Waals surface area contributed by atoms with Crippen molar-refractivity contribution < 1.29 is 0 Å². The third kappa shape index (κ3) is 0.940. The molecular weight excluding hydrogens is 128 g/mol. The third-order valence-corrected chi connectivity index (χ3v) is 3.32. The van der Waals surface area contributed by atoms with Gasteiger partial charge in [-0.3, -0.25) is 0 Å². The fourth-order valence-corrected chi connectivity index (χ4v) is 2.77. The van der Waals surface area contributed by atoms with E-state index < -0.39 is 0 Å². The van der Waals surface area contributed by atoms with Gasteiger partial charge in [0.15, 0.2) is 0 Å². The van der Waals surface area contributed by atoms with E-state index in [1.165, 1.54) is 12.2 Å². The monoisotopic (exact) mass is 138 g/mol. The first-order chi connectivity index (χ1) is 4.47. The molecule has 0 aromatic carbocycles. The zero-order chi connectivity index (χ0) is 6.10. The first kappa shape index (κ1) is 5.60. The van der Waals surface area contributed by atoms with Crippen LogP contribution in [0, 0.1) is 5.92 Å². The van der Waals surface area contributed by atoms with E-state index >= 15 is 0 Å². The maximum atomic E-state index is 2.34. The van der Waals surface area contributed by atoms with E-state index in [0.29, 0.717) is 0 Å². The molecule has 2 rings (SSSR count). The Kier molecular flexibility index (Phi) is 1.38. The second kappa shape index (κ2) is 2.22. The third-order valence-electron chi connectivity index (χ3n) is 1.95. The van der Waals surface area contributed by atoms with Crippen molar-refractivity contribution in [2.24, 2.45) is 5.92 Å². The normalized spacial score (nSPS) is 39.1. The molecule has 1 saturated heterocycles. The highest BCUT2D eigenvalue weighted by Gasteiger charge is 2.24. The van der Waals surface area contributed by atoms with Crippen LogP contribution in [-0.4, -0.2) is 11.0 Å². The van der Waals surface area contributed by atoms with Gasteiger partial charge in [-0.15, -0.1) is 0 Å². The van der Waals surface area contributed by atoms with Crippen LogP contribution < -0.4 is 0 Å². The van der Waals surface area contributed by atoms with E-state index in [2.05, 4.69) is 36.1 Å². The number of hydrogen-bond acceptors (Lipinski definition) is 1. The maximum Gasteiger partial charge on any atom is 0.0293 e. The predicted molar refractivity (Wildman–Crippen MR) is 42.6 cm³/mol. The van der Waals surface area contributed by atoms with E-state index in [-0.39, 0.29) is 0 Å². The van der Waals surface area contributed by atoms with Crippen LogP contribution >= 0.6 is 11.8 Å². The first-order valence-electron chi connectivity index (χ1n) is 3.43. The average Bonchev–Trinajstić information content (AvgIpc) is 2.33. The molecule has 0 N–H and O–H groups in total. The summed E-state index contributed by atoms with van der Waals surface area (Å²) in [6.45, 7) is 0. The molecule has 0 bridgehead atoms. The molecule has 48 valence electrons. The van der Waals surface area contributed by atoms with Gasteiger partial charge >= 0.3 is 0 Å². The van der Waals surface area contributed by atoms with E-state index in [4.69, 9.17) is 0 Å². The first-order valence-corrected chi connectivity index (χ1v) is 4.48. The molecule has 9 heavy (non-hydrogen) atoms. The van der Waals surface area contributed by atoms with E-state index in [9.17, 15) is 0 Å². The Morgan fingerprint density at radius 1 is 1.22 bits per heavy atom. The largest absolute Gasteiger partial charge is 0.154 e. The van der Waals surface area contributed by atoms with Gasteiger partial charge in [-0.2, -0.15) is 11.8 Å². The molecular formula is C8H10S. The van der Waals surface area contributed by atoms with Crippen molar-refractivity contribution in [3.05, 3.63) is 24.3 Å². The van der Waals surface area contributed by atoms with Crippen LogP contribution in [0.1, 0.15) is 6.42 Å². The molecule has 0 aromatic heterocycles. The highest BCUT2D eigenvalue weighted by molar-refractivity contribution is 8.00. The van der Waals surface area contributed by atoms with Gasteiger partial charge in [0.2, 0.25) is 0 Å². The molecule has 0 nitrogen and oxygen atoms in total. The molecule has 1 heteroatoms. The molecule has 2 aliphatic rings. The van der Waals surface area contributed by atoms with Gasteiger partial charge in [0.1, 0.15) is 0 Å². The van der Waals surface area contributed by atoms with Crippen molar-refractivity contribution in [2.45, 2.75) is 11.7 Å². The molecule has 0 amide bonds. The minimum Gasteiger partial charge on any atom is -0.154 e. The minimum atomic E-state index is 0.815. The lowest BCUT2D eigenvalue weighted by Gasteiger charge is -2.12. The highest BCUT2D eigenvalue weighted by atomic mass is 32.2. The Bertz CT molecular complexity index is 140. The molecule has 1 aliphatic carbocycles. The van der Waals surface area contributed by atoms with E-state index in [1.54, 1.807) is 0 Å². The predicted octanol–water partition coefficient (Wildman–Crippen LogP) is 2.23. The quantitative estimate of drug-likeness (QED) is 0.494. The van der Waals surface area contributed by atoms with Crippen molar-refractivity contribution in [2.75, 3.05) is 5.75 Å². The Labute approximate surface area is 60.0 Å². The summed E-state index contributed by atoms with van der Waals surface area (Å²) < 4.78 is 0. The maximum absolute atomic E-state index is 2.34. The lowest BCUT2D eigenvalue weighted by Crippen LogP contribution is -2.07. The Morgan fingerprint density at radius 2 is 2.11 bits per heavy atom. The van der Waals surface area contributed by atoms with Crippen LogP contribution in [0.4, 0.5) is 0 Å². The van der Waals surface area contributed by atoms with Crippen molar-refractivity contribution in [3.63, 3.8) is 0 Å². The molecule has 1 fully saturated rings. The summed E-state index contributed by atoms with van der Waals surface area (Å²) in [5.41, 5.74) is 0. The molecule has 1 aliphatic heterocycles. The minimum absolute atomic E-state index is 0.815. The van der Waals surface area contributed by atoms with Crippen LogP contribution in [0.3, 0.4) is 0 Å². The molecule has 0 saturated carbocycles. The number of hydrogen-bond donors (Lipinski definition) is 0. The van der Waals surface area contributed by atoms with Crippen molar-refractivity contribution in [1.29, 1.82) is 0 Å². The van der Waals surface area contributed by atoms with Gasteiger partial charge in [0, 0.05) is 5.25 Å². The number of rotatable bonds is 0. The van der Waals surface area contributed by atoms with Crippen LogP contribution in [0.15, 0.2) is 24.3 Å². The summed E-state index contributed by atoms with van der Waals surface area (Å²) in [6, 6.07) is 0. The summed E-state index contributed by atoms with van der Waals surface area (Å²) in [5.74, 6) is 2.21. The highest BCUT2D eigenvalue weighted by Crippen LogP contribution is 2.35. The Morgan fingerprint density at radius 3 is 3.00 bits per heavy atom. The van der Waals surface area contributed by atoms with Gasteiger partial charge in [-0.25, -0.2) is 0 Å². The Balaban J connectivity index is 2.18. The second-order valence-corrected chi connectivity index (χ2v) is 3.84. The van der Waals surface area contributed by atoms with Crippen LogP contribution in [0.2, 0.25) is 0 Å². The molecule has 0 radical (unpaired) electrons. The summed E-state index contributed by atoms with van der Waals surface area (Å²) >= 11 is 2.09. The zero-order valence-electron chi connectivity index (χ0n) is 5.29. The number of fused-ring (bicyclic) bond motifs is 1. The Hall–Kier alpha value is -0.170. The summed E-state index contributed by atoms with van der Waals surface area (Å²) in [5, 5.41) is 0.815. The van der Waals surface area contributed by atoms with Crippen LogP contribution in [-0.2, 0) is 0 Å². The zero-order valence-corrected chi connectivity index (χ0v) is 6.10. The molecule has 2 unspecified atom stereocenters. The SMILES string of the molecule is C1=CC2CCSC2C=C1. The van der Waals surface area contributed by atoms with Crippen molar-refractivity contribution in [3.8, 4) is 0 Å². The summed E-state index contributed by atoms with van der Waals surface area (Å²) in [4.78, 5) is 0. The van der Waals surface area contributed by atoms with Gasteiger partial charge in [-0.1, -0.05) is 24.3 Å². The van der Waals surface area contributed by atoms with Crippen molar-refractivity contribution in [1.82, 2.24) is 0 Å². The molecule has 0 spiro atoms. The number of allylic oxidation sites excluding steroid dienone is 3. The van der Waals surface area contributed by atoms with Crippen LogP contribution in [0.5, 0.6) is 0 Å². The lowest BCUT2D eigenvalue weighted by molar-refractivity contribution is 0.683. The van der Waals surface area contributed by atoms with Gasteiger partial charge in [-0.05, 0) is 18.1 Å². The smallest absolute Gasteiger partial charge is 0.0293 e.